The van der Waals surface area contributed by atoms with Gasteiger partial charge in [0.1, 0.15) is 11.4 Å². The number of halogens is 1. The van der Waals surface area contributed by atoms with Crippen LogP contribution < -0.4 is 11.4 Å². The van der Waals surface area contributed by atoms with E-state index in [2.05, 4.69) is 10.2 Å². The van der Waals surface area contributed by atoms with Crippen molar-refractivity contribution in [1.82, 2.24) is 14.8 Å². The van der Waals surface area contributed by atoms with Gasteiger partial charge in [0.15, 0.2) is 5.16 Å². The summed E-state index contributed by atoms with van der Waals surface area (Å²) in [4.78, 5) is 22.9. The van der Waals surface area contributed by atoms with Crippen LogP contribution in [0.4, 0.5) is 0 Å². The minimum atomic E-state index is -0.400. The number of nitrogens with zero attached hydrogens (tertiary/aromatic N) is 3. The molecule has 0 aliphatic carbocycles. The molecule has 0 saturated heterocycles. The van der Waals surface area contributed by atoms with Gasteiger partial charge in [-0.2, -0.15) is 0 Å². The average molecular weight is 407 g/mol. The fourth-order valence-corrected chi connectivity index (χ4v) is 3.96. The normalized spacial score (nSPS) is 11.2. The number of aryl methyl sites for hydroxylation is 2. The third-order valence-electron chi connectivity index (χ3n) is 4.25. The van der Waals surface area contributed by atoms with Gasteiger partial charge in [-0.1, -0.05) is 30.3 Å². The molecule has 2 heterocycles. The van der Waals surface area contributed by atoms with Gasteiger partial charge in [-0.25, -0.2) is 4.79 Å². The van der Waals surface area contributed by atoms with Gasteiger partial charge in [-0.05, 0) is 29.7 Å². The molecule has 0 bridgehead atoms. The first-order valence-corrected chi connectivity index (χ1v) is 9.80. The van der Waals surface area contributed by atoms with E-state index in [0.29, 0.717) is 33.8 Å². The summed E-state index contributed by atoms with van der Waals surface area (Å²) < 4.78 is 7.16. The van der Waals surface area contributed by atoms with E-state index < -0.39 is 5.63 Å². The maximum atomic E-state index is 11.9. The summed E-state index contributed by atoms with van der Waals surface area (Å²) in [5.74, 6) is 0.813. The van der Waals surface area contributed by atoms with Gasteiger partial charge in [-0.15, -0.1) is 10.2 Å². The molecule has 0 aliphatic rings. The summed E-state index contributed by atoms with van der Waals surface area (Å²) in [6, 6.07) is 5.13. The second-order valence-electron chi connectivity index (χ2n) is 6.10. The molecule has 0 fully saturated rings. The minimum Gasteiger partial charge on any atom is -0.423 e. The van der Waals surface area contributed by atoms with Crippen molar-refractivity contribution < 1.29 is 9.21 Å². The standard InChI is InChI=1S/C18H19ClN4O3S/c1-3-10-6-14-12(8-13(10)19)11(7-17(25)26-14)9-27-18-22-21-16(23(18)2)5-4-15(20)24/h6-8H,3-5,9H2,1-2H3,(H2,20,24). The quantitative estimate of drug-likeness (QED) is 0.478. The smallest absolute Gasteiger partial charge is 0.336 e. The number of carbonyl (C=O) groups excluding carboxylic acids is 1. The monoisotopic (exact) mass is 406 g/mol. The van der Waals surface area contributed by atoms with Gasteiger partial charge < -0.3 is 14.7 Å². The number of aromatic nitrogens is 3. The van der Waals surface area contributed by atoms with Crippen LogP contribution in [-0.2, 0) is 30.4 Å². The van der Waals surface area contributed by atoms with Crippen molar-refractivity contribution in [2.75, 3.05) is 0 Å². The zero-order chi connectivity index (χ0) is 19.6. The molecule has 1 aromatic carbocycles. The van der Waals surface area contributed by atoms with Crippen LogP contribution in [0.25, 0.3) is 11.0 Å². The van der Waals surface area contributed by atoms with Crippen molar-refractivity contribution in [3.05, 3.63) is 50.6 Å². The molecule has 3 rings (SSSR count). The van der Waals surface area contributed by atoms with E-state index >= 15 is 0 Å². The molecule has 0 aliphatic heterocycles. The predicted molar refractivity (Wildman–Crippen MR) is 105 cm³/mol. The number of hydrogen-bond donors (Lipinski definition) is 1. The number of amides is 1. The van der Waals surface area contributed by atoms with Gasteiger partial charge in [0, 0.05) is 42.1 Å². The van der Waals surface area contributed by atoms with Crippen LogP contribution in [0.5, 0.6) is 0 Å². The van der Waals surface area contributed by atoms with Crippen LogP contribution in [0.3, 0.4) is 0 Å². The summed E-state index contributed by atoms with van der Waals surface area (Å²) in [6.07, 6.45) is 1.41. The first-order chi connectivity index (χ1) is 12.9. The molecule has 3 aromatic rings. The van der Waals surface area contributed by atoms with E-state index in [1.165, 1.54) is 17.8 Å². The first-order valence-electron chi connectivity index (χ1n) is 8.43. The summed E-state index contributed by atoms with van der Waals surface area (Å²) in [5.41, 5.74) is 7.06. The Hall–Kier alpha value is -2.32. The number of carbonyl (C=O) groups is 1. The Balaban J connectivity index is 1.86. The van der Waals surface area contributed by atoms with Crippen molar-refractivity contribution in [3.8, 4) is 0 Å². The number of hydrogen-bond acceptors (Lipinski definition) is 6. The van der Waals surface area contributed by atoms with Crippen LogP contribution in [0.1, 0.15) is 30.3 Å². The lowest BCUT2D eigenvalue weighted by atomic mass is 10.1. The third-order valence-corrected chi connectivity index (χ3v) is 5.68. The molecule has 0 spiro atoms. The molecule has 0 saturated carbocycles. The van der Waals surface area contributed by atoms with E-state index in [4.69, 9.17) is 21.8 Å². The zero-order valence-electron chi connectivity index (χ0n) is 15.0. The van der Waals surface area contributed by atoms with Crippen molar-refractivity contribution in [1.29, 1.82) is 0 Å². The Bertz CT molecular complexity index is 1060. The van der Waals surface area contributed by atoms with Crippen LogP contribution in [0.15, 0.2) is 32.6 Å². The molecule has 1 amide bonds. The number of nitrogens with two attached hydrogens (primary N) is 1. The van der Waals surface area contributed by atoms with Gasteiger partial charge in [-0.3, -0.25) is 4.79 Å². The van der Waals surface area contributed by atoms with E-state index in [9.17, 15) is 9.59 Å². The molecule has 2 N–H and O–H groups in total. The highest BCUT2D eigenvalue weighted by Crippen LogP contribution is 2.29. The van der Waals surface area contributed by atoms with Crippen molar-refractivity contribution in [2.45, 2.75) is 37.1 Å². The summed E-state index contributed by atoms with van der Waals surface area (Å²) >= 11 is 7.77. The number of primary amides is 1. The number of benzene rings is 1. The fraction of sp³-hybridized carbons (Fsp3) is 0.333. The Morgan fingerprint density at radius 3 is 2.78 bits per heavy atom. The molecule has 27 heavy (non-hydrogen) atoms. The number of thioether (sulfide) groups is 1. The molecule has 0 unspecified atom stereocenters. The van der Waals surface area contributed by atoms with Crippen molar-refractivity contribution >= 4 is 40.2 Å². The summed E-state index contributed by atoms with van der Waals surface area (Å²) in [7, 11) is 1.83. The average Bonchev–Trinajstić information content (AvgIpc) is 2.97. The Kier molecular flexibility index (Phi) is 5.86. The lowest BCUT2D eigenvalue weighted by Crippen LogP contribution is -2.12. The van der Waals surface area contributed by atoms with Crippen LogP contribution in [0.2, 0.25) is 5.02 Å². The highest BCUT2D eigenvalue weighted by atomic mass is 35.5. The molecule has 0 radical (unpaired) electrons. The summed E-state index contributed by atoms with van der Waals surface area (Å²) in [5, 5.41) is 10.4. The van der Waals surface area contributed by atoms with E-state index in [1.807, 2.05) is 30.7 Å². The Labute approximate surface area is 164 Å². The first kappa shape index (κ1) is 19.4. The highest BCUT2D eigenvalue weighted by molar-refractivity contribution is 7.98. The van der Waals surface area contributed by atoms with Crippen LogP contribution in [0, 0.1) is 0 Å². The maximum Gasteiger partial charge on any atom is 0.336 e. The third kappa shape index (κ3) is 4.33. The Morgan fingerprint density at radius 1 is 1.30 bits per heavy atom. The van der Waals surface area contributed by atoms with Crippen molar-refractivity contribution in [2.24, 2.45) is 12.8 Å². The number of fused-ring (bicyclic) bond motifs is 1. The summed E-state index contributed by atoms with van der Waals surface area (Å²) in [6.45, 7) is 1.99. The largest absolute Gasteiger partial charge is 0.423 e. The second kappa shape index (κ2) is 8.14. The molecule has 0 atom stereocenters. The molecular weight excluding hydrogens is 388 g/mol. The molecular formula is C18H19ClN4O3S. The lowest BCUT2D eigenvalue weighted by molar-refractivity contribution is -0.118. The van der Waals surface area contributed by atoms with Gasteiger partial charge >= 0.3 is 5.63 Å². The molecule has 142 valence electrons. The Morgan fingerprint density at radius 2 is 2.07 bits per heavy atom. The fourth-order valence-electron chi connectivity index (χ4n) is 2.74. The zero-order valence-corrected chi connectivity index (χ0v) is 16.6. The van der Waals surface area contributed by atoms with E-state index in [0.717, 1.165) is 22.9 Å². The van der Waals surface area contributed by atoms with Crippen LogP contribution >= 0.6 is 23.4 Å². The maximum absolute atomic E-state index is 11.9. The predicted octanol–water partition coefficient (Wildman–Crippen LogP) is 2.85. The minimum absolute atomic E-state index is 0.221. The highest BCUT2D eigenvalue weighted by Gasteiger charge is 2.13. The van der Waals surface area contributed by atoms with Crippen molar-refractivity contribution in [3.63, 3.8) is 0 Å². The molecule has 2 aromatic heterocycles. The SMILES string of the molecule is CCc1cc2oc(=O)cc(CSc3nnc(CCC(N)=O)n3C)c2cc1Cl. The second-order valence-corrected chi connectivity index (χ2v) is 7.45. The van der Waals surface area contributed by atoms with E-state index in [1.54, 1.807) is 0 Å². The number of rotatable bonds is 7. The van der Waals surface area contributed by atoms with Crippen LogP contribution in [-0.4, -0.2) is 20.7 Å². The molecule has 9 heteroatoms. The van der Waals surface area contributed by atoms with Gasteiger partial charge in [0.25, 0.3) is 0 Å². The van der Waals surface area contributed by atoms with Gasteiger partial charge in [0.05, 0.1) is 0 Å². The van der Waals surface area contributed by atoms with E-state index in [-0.39, 0.29) is 12.3 Å². The topological polar surface area (TPSA) is 104 Å². The van der Waals surface area contributed by atoms with Gasteiger partial charge in [0.2, 0.25) is 5.91 Å². The molecule has 7 nitrogen and oxygen atoms in total. The lowest BCUT2D eigenvalue weighted by Gasteiger charge is -2.08.